The fourth-order valence-electron chi connectivity index (χ4n) is 2.27. The molecule has 2 N–H and O–H groups in total. The predicted octanol–water partition coefficient (Wildman–Crippen LogP) is 1.42. The van der Waals surface area contributed by atoms with E-state index in [0.29, 0.717) is 13.2 Å². The molecule has 2 rings (SSSR count). The number of hydrogen-bond acceptors (Lipinski definition) is 4. The van der Waals surface area contributed by atoms with Gasteiger partial charge in [-0.25, -0.2) is 0 Å². The third-order valence-corrected chi connectivity index (χ3v) is 3.57. The first-order chi connectivity index (χ1) is 10.1. The highest BCUT2D eigenvalue weighted by Gasteiger charge is 2.21. The standard InChI is InChI=1S/C16H25N3O2.ClH/c1-19(2)10-11-21-14-7-5-13(6-8-14)12-18-16(20)15-4-3-9-17-15;/h5-8,15,17H,3-4,9-12H2,1-2H3,(H,18,20);1H/t15-;/m0./s1. The van der Waals surface area contributed by atoms with Gasteiger partial charge >= 0.3 is 0 Å². The van der Waals surface area contributed by atoms with Gasteiger partial charge in [0.05, 0.1) is 6.04 Å². The van der Waals surface area contributed by atoms with Gasteiger partial charge in [-0.05, 0) is 51.2 Å². The quantitative estimate of drug-likeness (QED) is 0.795. The number of halogens is 1. The summed E-state index contributed by atoms with van der Waals surface area (Å²) in [5.41, 5.74) is 1.08. The molecule has 0 radical (unpaired) electrons. The van der Waals surface area contributed by atoms with Crippen molar-refractivity contribution in [3.63, 3.8) is 0 Å². The fraction of sp³-hybridized carbons (Fsp3) is 0.562. The number of likely N-dealkylation sites (N-methyl/N-ethyl adjacent to an activating group) is 1. The highest BCUT2D eigenvalue weighted by atomic mass is 35.5. The minimum Gasteiger partial charge on any atom is -0.492 e. The highest BCUT2D eigenvalue weighted by Crippen LogP contribution is 2.12. The summed E-state index contributed by atoms with van der Waals surface area (Å²) in [6, 6.07) is 7.87. The Kier molecular flexibility index (Phi) is 8.24. The highest BCUT2D eigenvalue weighted by molar-refractivity contribution is 5.85. The summed E-state index contributed by atoms with van der Waals surface area (Å²) >= 11 is 0. The van der Waals surface area contributed by atoms with Gasteiger partial charge in [0.1, 0.15) is 12.4 Å². The smallest absolute Gasteiger partial charge is 0.237 e. The van der Waals surface area contributed by atoms with Crippen molar-refractivity contribution < 1.29 is 9.53 Å². The maximum atomic E-state index is 11.9. The second kappa shape index (κ2) is 9.66. The van der Waals surface area contributed by atoms with Crippen LogP contribution >= 0.6 is 12.4 Å². The monoisotopic (exact) mass is 327 g/mol. The molecule has 1 aromatic rings. The maximum absolute atomic E-state index is 11.9. The van der Waals surface area contributed by atoms with Crippen LogP contribution in [0.4, 0.5) is 0 Å². The SMILES string of the molecule is CN(C)CCOc1ccc(CNC(=O)[C@@H]2CCCN2)cc1.Cl. The second-order valence-electron chi connectivity index (χ2n) is 5.66. The molecule has 0 aliphatic carbocycles. The molecule has 0 unspecified atom stereocenters. The lowest BCUT2D eigenvalue weighted by Crippen LogP contribution is -2.39. The first-order valence-electron chi connectivity index (χ1n) is 7.53. The van der Waals surface area contributed by atoms with Crippen LogP contribution in [0.5, 0.6) is 5.75 Å². The summed E-state index contributed by atoms with van der Waals surface area (Å²) < 4.78 is 5.64. The zero-order chi connectivity index (χ0) is 15.1. The minimum absolute atomic E-state index is 0. The van der Waals surface area contributed by atoms with Gasteiger partial charge in [-0.1, -0.05) is 12.1 Å². The molecule has 1 aliphatic rings. The minimum atomic E-state index is -0.0151. The van der Waals surface area contributed by atoms with Crippen LogP contribution in [-0.2, 0) is 11.3 Å². The third kappa shape index (κ3) is 6.22. The molecular formula is C16H26ClN3O2. The molecule has 6 heteroatoms. The molecule has 1 fully saturated rings. The number of ether oxygens (including phenoxy) is 1. The molecule has 22 heavy (non-hydrogen) atoms. The van der Waals surface area contributed by atoms with Crippen molar-refractivity contribution in [2.24, 2.45) is 0 Å². The van der Waals surface area contributed by atoms with E-state index >= 15 is 0 Å². The van der Waals surface area contributed by atoms with Crippen LogP contribution in [0.25, 0.3) is 0 Å². The van der Waals surface area contributed by atoms with Gasteiger partial charge in [-0.3, -0.25) is 4.79 Å². The molecule has 1 saturated heterocycles. The van der Waals surface area contributed by atoms with E-state index in [0.717, 1.165) is 37.2 Å². The van der Waals surface area contributed by atoms with Crippen molar-refractivity contribution >= 4 is 18.3 Å². The Balaban J connectivity index is 0.00000242. The van der Waals surface area contributed by atoms with Gasteiger partial charge in [-0.15, -0.1) is 12.4 Å². The van der Waals surface area contributed by atoms with Crippen molar-refractivity contribution in [1.82, 2.24) is 15.5 Å². The van der Waals surface area contributed by atoms with Crippen LogP contribution in [0.2, 0.25) is 0 Å². The second-order valence-corrected chi connectivity index (χ2v) is 5.66. The van der Waals surface area contributed by atoms with E-state index in [2.05, 4.69) is 15.5 Å². The molecule has 5 nitrogen and oxygen atoms in total. The number of carbonyl (C=O) groups excluding carboxylic acids is 1. The Labute approximate surface area is 138 Å². The van der Waals surface area contributed by atoms with Gasteiger partial charge in [-0.2, -0.15) is 0 Å². The van der Waals surface area contributed by atoms with Gasteiger partial charge in [0, 0.05) is 13.1 Å². The lowest BCUT2D eigenvalue weighted by Gasteiger charge is -2.12. The van der Waals surface area contributed by atoms with Crippen LogP contribution in [0.3, 0.4) is 0 Å². The summed E-state index contributed by atoms with van der Waals surface area (Å²) in [7, 11) is 4.04. The molecule has 0 saturated carbocycles. The van der Waals surface area contributed by atoms with Crippen LogP contribution in [-0.4, -0.2) is 50.6 Å². The zero-order valence-corrected chi connectivity index (χ0v) is 14.1. The molecule has 0 bridgehead atoms. The maximum Gasteiger partial charge on any atom is 0.237 e. The van der Waals surface area contributed by atoms with Crippen LogP contribution in [0.15, 0.2) is 24.3 Å². The average molecular weight is 328 g/mol. The van der Waals surface area contributed by atoms with Gasteiger partial charge in [0.15, 0.2) is 0 Å². The molecule has 1 heterocycles. The molecule has 1 aliphatic heterocycles. The molecule has 124 valence electrons. The van der Waals surface area contributed by atoms with Crippen molar-refractivity contribution in [2.75, 3.05) is 33.8 Å². The largest absolute Gasteiger partial charge is 0.492 e. The predicted molar refractivity (Wildman–Crippen MR) is 90.6 cm³/mol. The van der Waals surface area contributed by atoms with Crippen LogP contribution < -0.4 is 15.4 Å². The van der Waals surface area contributed by atoms with Gasteiger partial charge in [0.25, 0.3) is 0 Å². The lowest BCUT2D eigenvalue weighted by atomic mass is 10.2. The summed E-state index contributed by atoms with van der Waals surface area (Å²) in [6.07, 6.45) is 2.02. The van der Waals surface area contributed by atoms with E-state index in [1.165, 1.54) is 0 Å². The van der Waals surface area contributed by atoms with E-state index in [4.69, 9.17) is 4.74 Å². The summed E-state index contributed by atoms with van der Waals surface area (Å²) in [5.74, 6) is 0.961. The van der Waals surface area contributed by atoms with Crippen molar-refractivity contribution in [3.8, 4) is 5.75 Å². The number of nitrogens with zero attached hydrogens (tertiary/aromatic N) is 1. The zero-order valence-electron chi connectivity index (χ0n) is 13.3. The Morgan fingerprint density at radius 3 is 2.68 bits per heavy atom. The van der Waals surface area contributed by atoms with Gasteiger partial charge in [0.2, 0.25) is 5.91 Å². The summed E-state index contributed by atoms with van der Waals surface area (Å²) in [6.45, 7) is 3.08. The number of benzene rings is 1. The Morgan fingerprint density at radius 1 is 1.36 bits per heavy atom. The first-order valence-corrected chi connectivity index (χ1v) is 7.53. The number of rotatable bonds is 7. The lowest BCUT2D eigenvalue weighted by molar-refractivity contribution is -0.122. The van der Waals surface area contributed by atoms with E-state index in [1.807, 2.05) is 38.4 Å². The van der Waals surface area contributed by atoms with E-state index in [9.17, 15) is 4.79 Å². The first kappa shape index (κ1) is 18.7. The molecule has 1 amide bonds. The topological polar surface area (TPSA) is 53.6 Å². The normalized spacial score (nSPS) is 17.1. The number of carbonyl (C=O) groups is 1. The fourth-order valence-corrected chi connectivity index (χ4v) is 2.27. The van der Waals surface area contributed by atoms with Crippen LogP contribution in [0.1, 0.15) is 18.4 Å². The molecule has 0 aromatic heterocycles. The van der Waals surface area contributed by atoms with Crippen LogP contribution in [0, 0.1) is 0 Å². The number of hydrogen-bond donors (Lipinski definition) is 2. The average Bonchev–Trinajstić information content (AvgIpc) is 3.00. The van der Waals surface area contributed by atoms with Crippen molar-refractivity contribution in [3.05, 3.63) is 29.8 Å². The van der Waals surface area contributed by atoms with E-state index in [-0.39, 0.29) is 24.4 Å². The van der Waals surface area contributed by atoms with Crippen molar-refractivity contribution in [1.29, 1.82) is 0 Å². The van der Waals surface area contributed by atoms with Gasteiger partial charge < -0.3 is 20.3 Å². The molecule has 0 spiro atoms. The molecular weight excluding hydrogens is 302 g/mol. The van der Waals surface area contributed by atoms with Crippen molar-refractivity contribution in [2.45, 2.75) is 25.4 Å². The Hall–Kier alpha value is -1.30. The summed E-state index contributed by atoms with van der Waals surface area (Å²) in [5, 5.41) is 6.17. The third-order valence-electron chi connectivity index (χ3n) is 3.57. The van der Waals surface area contributed by atoms with E-state index in [1.54, 1.807) is 0 Å². The van der Waals surface area contributed by atoms with E-state index < -0.39 is 0 Å². The summed E-state index contributed by atoms with van der Waals surface area (Å²) in [4.78, 5) is 14.0. The molecule has 1 aromatic carbocycles. The Bertz CT molecular complexity index is 445. The Morgan fingerprint density at radius 2 is 2.09 bits per heavy atom. The molecule has 1 atom stereocenters. The number of nitrogens with one attached hydrogen (secondary N) is 2. The number of amides is 1.